The van der Waals surface area contributed by atoms with Crippen molar-refractivity contribution in [2.45, 2.75) is 37.8 Å². The summed E-state index contributed by atoms with van der Waals surface area (Å²) in [5, 5.41) is 11.6. The van der Waals surface area contributed by atoms with Crippen LogP contribution in [0.2, 0.25) is 0 Å². The van der Waals surface area contributed by atoms with E-state index in [2.05, 4.69) is 5.16 Å². The Morgan fingerprint density at radius 3 is 2.83 bits per heavy atom. The summed E-state index contributed by atoms with van der Waals surface area (Å²) < 4.78 is 31.2. The highest BCUT2D eigenvalue weighted by atomic mass is 32.2. The molecule has 0 saturated carbocycles. The third-order valence-electron chi connectivity index (χ3n) is 3.44. The fraction of sp³-hybridized carbons (Fsp3) is 0.900. The van der Waals surface area contributed by atoms with E-state index in [1.54, 1.807) is 0 Å². The molecule has 2 atom stereocenters. The third kappa shape index (κ3) is 2.76. The van der Waals surface area contributed by atoms with Crippen LogP contribution < -0.4 is 5.73 Å². The summed E-state index contributed by atoms with van der Waals surface area (Å²) in [7, 11) is -3.41. The SMILES string of the molecule is NC(=NO)C1CCCN1S(=O)(=O)CC1CCCO1. The van der Waals surface area contributed by atoms with Crippen molar-refractivity contribution in [3.8, 4) is 0 Å². The quantitative estimate of drug-likeness (QED) is 0.318. The van der Waals surface area contributed by atoms with Crippen molar-refractivity contribution >= 4 is 15.9 Å². The van der Waals surface area contributed by atoms with E-state index in [1.807, 2.05) is 0 Å². The second-order valence-corrected chi connectivity index (χ2v) is 6.67. The van der Waals surface area contributed by atoms with Gasteiger partial charge in [-0.05, 0) is 25.7 Å². The molecule has 0 amide bonds. The number of hydrogen-bond acceptors (Lipinski definition) is 5. The Morgan fingerprint density at radius 2 is 2.22 bits per heavy atom. The molecule has 0 aromatic carbocycles. The smallest absolute Gasteiger partial charge is 0.217 e. The van der Waals surface area contributed by atoms with Crippen molar-refractivity contribution in [2.24, 2.45) is 10.9 Å². The molecule has 7 nitrogen and oxygen atoms in total. The molecular weight excluding hydrogens is 258 g/mol. The second kappa shape index (κ2) is 5.41. The molecule has 2 heterocycles. The van der Waals surface area contributed by atoms with Crippen LogP contribution in [0.3, 0.4) is 0 Å². The molecule has 0 aromatic heterocycles. The van der Waals surface area contributed by atoms with Gasteiger partial charge in [-0.2, -0.15) is 4.31 Å². The molecule has 2 unspecified atom stereocenters. The van der Waals surface area contributed by atoms with Crippen LogP contribution in [0.4, 0.5) is 0 Å². The summed E-state index contributed by atoms with van der Waals surface area (Å²) in [4.78, 5) is 0. The monoisotopic (exact) mass is 277 g/mol. The van der Waals surface area contributed by atoms with Gasteiger partial charge in [0.05, 0.1) is 17.9 Å². The molecule has 0 aliphatic carbocycles. The van der Waals surface area contributed by atoms with Crippen molar-refractivity contribution in [1.29, 1.82) is 0 Å². The number of sulfonamides is 1. The molecule has 2 aliphatic heterocycles. The van der Waals surface area contributed by atoms with Gasteiger partial charge in [-0.25, -0.2) is 8.42 Å². The second-order valence-electron chi connectivity index (χ2n) is 4.71. The Bertz CT molecular complexity index is 417. The number of nitrogens with zero attached hydrogens (tertiary/aromatic N) is 2. The minimum absolute atomic E-state index is 0.0117. The number of ether oxygens (including phenoxy) is 1. The van der Waals surface area contributed by atoms with Gasteiger partial charge in [0, 0.05) is 13.2 Å². The van der Waals surface area contributed by atoms with Crippen LogP contribution in [0, 0.1) is 0 Å². The van der Waals surface area contributed by atoms with Crippen LogP contribution in [0.15, 0.2) is 5.16 Å². The molecule has 0 bridgehead atoms. The highest BCUT2D eigenvalue weighted by Crippen LogP contribution is 2.24. The number of hydrogen-bond donors (Lipinski definition) is 2. The highest BCUT2D eigenvalue weighted by molar-refractivity contribution is 7.89. The van der Waals surface area contributed by atoms with Gasteiger partial charge in [-0.1, -0.05) is 5.16 Å². The van der Waals surface area contributed by atoms with E-state index in [9.17, 15) is 8.42 Å². The molecule has 104 valence electrons. The average molecular weight is 277 g/mol. The van der Waals surface area contributed by atoms with Crippen LogP contribution in [0.5, 0.6) is 0 Å². The maximum Gasteiger partial charge on any atom is 0.217 e. The highest BCUT2D eigenvalue weighted by Gasteiger charge is 2.38. The topological polar surface area (TPSA) is 105 Å². The molecule has 18 heavy (non-hydrogen) atoms. The van der Waals surface area contributed by atoms with Gasteiger partial charge in [0.1, 0.15) is 0 Å². The molecule has 3 N–H and O–H groups in total. The summed E-state index contributed by atoms with van der Waals surface area (Å²) in [6, 6.07) is -0.513. The summed E-state index contributed by atoms with van der Waals surface area (Å²) in [6.07, 6.45) is 2.79. The van der Waals surface area contributed by atoms with Gasteiger partial charge in [-0.3, -0.25) is 0 Å². The standard InChI is InChI=1S/C10H19N3O4S/c11-10(12-14)9-4-1-5-13(9)18(15,16)7-8-3-2-6-17-8/h8-9,14H,1-7H2,(H2,11,12). The lowest BCUT2D eigenvalue weighted by Gasteiger charge is -2.24. The van der Waals surface area contributed by atoms with Gasteiger partial charge in [0.15, 0.2) is 5.84 Å². The predicted molar refractivity (Wildman–Crippen MR) is 65.9 cm³/mol. The summed E-state index contributed by atoms with van der Waals surface area (Å²) in [5.74, 6) is -0.0502. The van der Waals surface area contributed by atoms with Gasteiger partial charge in [-0.15, -0.1) is 0 Å². The Balaban J connectivity index is 2.08. The van der Waals surface area contributed by atoms with Gasteiger partial charge in [0.25, 0.3) is 0 Å². The zero-order chi connectivity index (χ0) is 13.2. The first kappa shape index (κ1) is 13.6. The van der Waals surface area contributed by atoms with Crippen LogP contribution in [0.25, 0.3) is 0 Å². The third-order valence-corrected chi connectivity index (χ3v) is 5.38. The normalized spacial score (nSPS) is 31.0. The molecular formula is C10H19N3O4S. The molecule has 8 heteroatoms. The molecule has 2 saturated heterocycles. The van der Waals surface area contributed by atoms with Gasteiger partial charge >= 0.3 is 0 Å². The predicted octanol–water partition coefficient (Wildman–Crippen LogP) is -0.294. The van der Waals surface area contributed by atoms with Crippen LogP contribution in [-0.2, 0) is 14.8 Å². The lowest BCUT2D eigenvalue weighted by atomic mass is 10.2. The minimum atomic E-state index is -3.41. The average Bonchev–Trinajstić information content (AvgIpc) is 2.97. The fourth-order valence-corrected chi connectivity index (χ4v) is 4.47. The maximum absolute atomic E-state index is 12.3. The Kier molecular flexibility index (Phi) is 4.08. The number of nitrogens with two attached hydrogens (primary N) is 1. The van der Waals surface area contributed by atoms with E-state index in [0.29, 0.717) is 19.6 Å². The van der Waals surface area contributed by atoms with Crippen molar-refractivity contribution in [3.05, 3.63) is 0 Å². The van der Waals surface area contributed by atoms with Gasteiger partial charge < -0.3 is 15.7 Å². The maximum atomic E-state index is 12.3. The first-order valence-electron chi connectivity index (χ1n) is 6.13. The Morgan fingerprint density at radius 1 is 1.44 bits per heavy atom. The van der Waals surface area contributed by atoms with Crippen molar-refractivity contribution in [1.82, 2.24) is 4.31 Å². The number of oxime groups is 1. The lowest BCUT2D eigenvalue weighted by molar-refractivity contribution is 0.126. The summed E-state index contributed by atoms with van der Waals surface area (Å²) in [6.45, 7) is 1.06. The molecule has 0 spiro atoms. The fourth-order valence-electron chi connectivity index (χ4n) is 2.54. The first-order valence-corrected chi connectivity index (χ1v) is 7.74. The van der Waals surface area contributed by atoms with E-state index >= 15 is 0 Å². The van der Waals surface area contributed by atoms with E-state index in [4.69, 9.17) is 15.7 Å². The lowest BCUT2D eigenvalue weighted by Crippen LogP contribution is -2.46. The molecule has 2 aliphatic rings. The Labute approximate surface area is 107 Å². The van der Waals surface area contributed by atoms with Crippen molar-refractivity contribution < 1.29 is 18.4 Å². The van der Waals surface area contributed by atoms with E-state index in [0.717, 1.165) is 19.3 Å². The molecule has 2 fully saturated rings. The minimum Gasteiger partial charge on any atom is -0.409 e. The summed E-state index contributed by atoms with van der Waals surface area (Å²) >= 11 is 0. The first-order chi connectivity index (χ1) is 8.54. The van der Waals surface area contributed by atoms with Crippen molar-refractivity contribution in [2.75, 3.05) is 18.9 Å². The number of amidine groups is 1. The largest absolute Gasteiger partial charge is 0.409 e. The summed E-state index contributed by atoms with van der Waals surface area (Å²) in [5.41, 5.74) is 5.54. The Hall–Kier alpha value is -0.860. The van der Waals surface area contributed by atoms with Crippen LogP contribution in [0.1, 0.15) is 25.7 Å². The zero-order valence-electron chi connectivity index (χ0n) is 10.2. The van der Waals surface area contributed by atoms with Crippen LogP contribution in [-0.4, -0.2) is 54.8 Å². The zero-order valence-corrected chi connectivity index (χ0v) is 11.0. The van der Waals surface area contributed by atoms with Gasteiger partial charge in [0.2, 0.25) is 10.0 Å². The van der Waals surface area contributed by atoms with E-state index in [-0.39, 0.29) is 17.7 Å². The van der Waals surface area contributed by atoms with E-state index < -0.39 is 16.1 Å². The van der Waals surface area contributed by atoms with Crippen LogP contribution >= 0.6 is 0 Å². The van der Waals surface area contributed by atoms with E-state index in [1.165, 1.54) is 4.31 Å². The molecule has 0 radical (unpaired) electrons. The molecule has 2 rings (SSSR count). The van der Waals surface area contributed by atoms with Crippen molar-refractivity contribution in [3.63, 3.8) is 0 Å². The number of rotatable bonds is 4. The molecule has 0 aromatic rings.